The van der Waals surface area contributed by atoms with E-state index in [1.165, 1.54) is 0 Å². The topological polar surface area (TPSA) is 98.1 Å². The molecule has 29 heavy (non-hydrogen) atoms. The fraction of sp³-hybridized carbons (Fsp3) is 0.174. The molecule has 0 saturated carbocycles. The predicted octanol–water partition coefficient (Wildman–Crippen LogP) is 3.34. The fourth-order valence-electron chi connectivity index (χ4n) is 3.43. The molecule has 0 radical (unpaired) electrons. The third-order valence-electron chi connectivity index (χ3n) is 4.99. The molecular weight excluding hydrogens is 366 g/mol. The van der Waals surface area contributed by atoms with Crippen molar-refractivity contribution in [1.82, 2.24) is 9.97 Å². The van der Waals surface area contributed by atoms with Gasteiger partial charge in [-0.3, -0.25) is 9.59 Å². The number of fused-ring (bicyclic) bond motifs is 1. The number of nitrogens with zero attached hydrogens (tertiary/aromatic N) is 1. The number of benzene rings is 2. The van der Waals surface area contributed by atoms with E-state index in [0.29, 0.717) is 18.6 Å². The number of carbonyl (C=O) groups is 2. The van der Waals surface area contributed by atoms with Crippen molar-refractivity contribution in [2.45, 2.75) is 19.3 Å². The number of hydrogen-bond acceptors (Lipinski definition) is 4. The average molecular weight is 387 g/mol. The van der Waals surface area contributed by atoms with Crippen LogP contribution in [0.15, 0.2) is 60.6 Å². The first-order valence-corrected chi connectivity index (χ1v) is 9.48. The number of allylic oxidation sites excluding steroid dienone is 1. The molecule has 146 valence electrons. The second-order valence-corrected chi connectivity index (χ2v) is 6.96. The molecule has 1 aliphatic carbocycles. The summed E-state index contributed by atoms with van der Waals surface area (Å²) in [5.74, 6) is 0.337. The van der Waals surface area contributed by atoms with Gasteiger partial charge in [0.05, 0.1) is 18.6 Å². The van der Waals surface area contributed by atoms with Gasteiger partial charge in [0, 0.05) is 29.3 Å². The number of nitrogens with one attached hydrogen (secondary N) is 1. The van der Waals surface area contributed by atoms with Crippen molar-refractivity contribution in [2.75, 3.05) is 6.61 Å². The lowest BCUT2D eigenvalue weighted by Gasteiger charge is -2.18. The lowest BCUT2D eigenvalue weighted by Crippen LogP contribution is -2.14. The highest BCUT2D eigenvalue weighted by atomic mass is 16.5. The Hall–Kier alpha value is -3.67. The van der Waals surface area contributed by atoms with Crippen molar-refractivity contribution in [2.24, 2.45) is 5.73 Å². The van der Waals surface area contributed by atoms with Crippen LogP contribution in [-0.2, 0) is 12.8 Å². The maximum absolute atomic E-state index is 12.9. The van der Waals surface area contributed by atoms with Gasteiger partial charge >= 0.3 is 0 Å². The minimum absolute atomic E-state index is 0.0355. The van der Waals surface area contributed by atoms with Gasteiger partial charge in [0.1, 0.15) is 5.75 Å². The molecule has 1 amide bonds. The van der Waals surface area contributed by atoms with Crippen molar-refractivity contribution < 1.29 is 14.3 Å². The molecule has 3 N–H and O–H groups in total. The smallest absolute Gasteiger partial charge is 0.248 e. The monoisotopic (exact) mass is 387 g/mol. The Morgan fingerprint density at radius 3 is 2.72 bits per heavy atom. The molecule has 6 heteroatoms. The predicted molar refractivity (Wildman–Crippen MR) is 110 cm³/mol. The minimum atomic E-state index is -0.464. The van der Waals surface area contributed by atoms with E-state index in [4.69, 9.17) is 10.5 Å². The molecule has 1 heterocycles. The number of primary amides is 1. The molecule has 0 spiro atoms. The van der Waals surface area contributed by atoms with Gasteiger partial charge in [-0.15, -0.1) is 0 Å². The zero-order valence-electron chi connectivity index (χ0n) is 15.9. The number of imidazole rings is 1. The molecule has 1 aromatic heterocycles. The Labute approximate surface area is 168 Å². The summed E-state index contributed by atoms with van der Waals surface area (Å²) in [7, 11) is 0. The fourth-order valence-corrected chi connectivity index (χ4v) is 3.43. The number of amides is 1. The number of Topliss-reactive ketones (excluding diaryl/α,β-unsaturated/α-hetero) is 1. The van der Waals surface area contributed by atoms with Gasteiger partial charge in [-0.1, -0.05) is 12.1 Å². The molecule has 0 unspecified atom stereocenters. The summed E-state index contributed by atoms with van der Waals surface area (Å²) in [5.41, 5.74) is 10.0. The van der Waals surface area contributed by atoms with Crippen molar-refractivity contribution >= 4 is 17.8 Å². The number of nitrogens with two attached hydrogens (primary N) is 1. The molecule has 0 atom stereocenters. The Kier molecular flexibility index (Phi) is 5.24. The Morgan fingerprint density at radius 1 is 1.17 bits per heavy atom. The first-order chi connectivity index (χ1) is 14.1. The van der Waals surface area contributed by atoms with Gasteiger partial charge in [-0.2, -0.15) is 0 Å². The zero-order chi connectivity index (χ0) is 20.2. The molecule has 0 saturated heterocycles. The average Bonchev–Trinajstić information content (AvgIpc) is 3.24. The van der Waals surface area contributed by atoms with E-state index in [1.54, 1.807) is 30.6 Å². The van der Waals surface area contributed by atoms with E-state index in [1.807, 2.05) is 30.5 Å². The highest BCUT2D eigenvalue weighted by molar-refractivity contribution is 6.13. The summed E-state index contributed by atoms with van der Waals surface area (Å²) in [6, 6.07) is 12.6. The van der Waals surface area contributed by atoms with E-state index in [2.05, 4.69) is 9.97 Å². The maximum atomic E-state index is 12.9. The molecule has 0 aliphatic heterocycles. The van der Waals surface area contributed by atoms with Gasteiger partial charge in [0.25, 0.3) is 0 Å². The summed E-state index contributed by atoms with van der Waals surface area (Å²) in [6.45, 7) is 0.532. The van der Waals surface area contributed by atoms with Crippen molar-refractivity contribution in [3.63, 3.8) is 0 Å². The van der Waals surface area contributed by atoms with Crippen LogP contribution < -0.4 is 10.5 Å². The van der Waals surface area contributed by atoms with Crippen molar-refractivity contribution in [3.8, 4) is 5.75 Å². The quantitative estimate of drug-likeness (QED) is 0.634. The Bertz CT molecular complexity index is 1070. The van der Waals surface area contributed by atoms with Crippen molar-refractivity contribution in [3.05, 3.63) is 88.5 Å². The molecular formula is C23H21N3O3. The SMILES string of the molecule is NC(=O)c1ccc(/C=C2\CCc3cc(OCCc4c[nH]cn4)ccc3C2=O)cc1. The van der Waals surface area contributed by atoms with Crippen LogP contribution in [-0.4, -0.2) is 28.3 Å². The second kappa shape index (κ2) is 8.14. The molecule has 3 aromatic rings. The number of rotatable bonds is 6. The van der Waals surface area contributed by atoms with Crippen LogP contribution in [0.4, 0.5) is 0 Å². The normalized spacial score (nSPS) is 14.6. The van der Waals surface area contributed by atoms with E-state index in [-0.39, 0.29) is 5.78 Å². The van der Waals surface area contributed by atoms with E-state index < -0.39 is 5.91 Å². The number of aromatic amines is 1. The third kappa shape index (κ3) is 4.27. The number of H-pyrrole nitrogens is 1. The van der Waals surface area contributed by atoms with Gasteiger partial charge in [0.2, 0.25) is 5.91 Å². The molecule has 0 bridgehead atoms. The van der Waals surface area contributed by atoms with Gasteiger partial charge in [-0.25, -0.2) is 4.98 Å². The summed E-state index contributed by atoms with van der Waals surface area (Å²) in [5, 5.41) is 0. The summed E-state index contributed by atoms with van der Waals surface area (Å²) in [6.07, 6.45) is 7.55. The number of aryl methyl sites for hydroxylation is 1. The Balaban J connectivity index is 1.45. The molecule has 2 aromatic carbocycles. The lowest BCUT2D eigenvalue weighted by molar-refractivity contribution is 0.0997. The number of ketones is 1. The zero-order valence-corrected chi connectivity index (χ0v) is 15.9. The number of carbonyl (C=O) groups excluding carboxylic acids is 2. The largest absolute Gasteiger partial charge is 0.493 e. The number of aromatic nitrogens is 2. The number of ether oxygens (including phenoxy) is 1. The summed E-state index contributed by atoms with van der Waals surface area (Å²) in [4.78, 5) is 31.2. The lowest BCUT2D eigenvalue weighted by atomic mass is 9.86. The third-order valence-corrected chi connectivity index (χ3v) is 4.99. The first kappa shape index (κ1) is 18.7. The first-order valence-electron chi connectivity index (χ1n) is 9.48. The molecule has 1 aliphatic rings. The van der Waals surface area contributed by atoms with E-state index in [9.17, 15) is 9.59 Å². The standard InChI is InChI=1S/C23H21N3O3/c24-23(28)16-3-1-15(2-4-16)11-18-6-5-17-12-20(7-8-21(17)22(18)27)29-10-9-19-13-25-14-26-19/h1-4,7-8,11-14H,5-6,9-10H2,(H2,24,28)(H,25,26)/b18-11+. The molecule has 0 fully saturated rings. The molecule has 4 rings (SSSR count). The highest BCUT2D eigenvalue weighted by Gasteiger charge is 2.22. The van der Waals surface area contributed by atoms with Crippen molar-refractivity contribution in [1.29, 1.82) is 0 Å². The van der Waals surface area contributed by atoms with Crippen LogP contribution in [0.3, 0.4) is 0 Å². The summed E-state index contributed by atoms with van der Waals surface area (Å²) < 4.78 is 5.82. The minimum Gasteiger partial charge on any atom is -0.493 e. The van der Waals surface area contributed by atoms with Gasteiger partial charge in [-0.05, 0) is 60.4 Å². The second-order valence-electron chi connectivity index (χ2n) is 6.96. The highest BCUT2D eigenvalue weighted by Crippen LogP contribution is 2.29. The van der Waals surface area contributed by atoms with Crippen LogP contribution in [0.1, 0.15) is 44.0 Å². The van der Waals surface area contributed by atoms with E-state index in [0.717, 1.165) is 46.5 Å². The van der Waals surface area contributed by atoms with Gasteiger partial charge in [0.15, 0.2) is 5.78 Å². The van der Waals surface area contributed by atoms with E-state index >= 15 is 0 Å². The van der Waals surface area contributed by atoms with Crippen LogP contribution in [0.25, 0.3) is 6.08 Å². The van der Waals surface area contributed by atoms with Gasteiger partial charge < -0.3 is 15.5 Å². The van der Waals surface area contributed by atoms with Crippen LogP contribution >= 0.6 is 0 Å². The maximum Gasteiger partial charge on any atom is 0.248 e. The van der Waals surface area contributed by atoms with Crippen LogP contribution in [0, 0.1) is 0 Å². The van der Waals surface area contributed by atoms with Crippen LogP contribution in [0.2, 0.25) is 0 Å². The molecule has 6 nitrogen and oxygen atoms in total. The summed E-state index contributed by atoms with van der Waals surface area (Å²) >= 11 is 0. The van der Waals surface area contributed by atoms with Crippen LogP contribution in [0.5, 0.6) is 5.75 Å². The number of hydrogen-bond donors (Lipinski definition) is 2. The Morgan fingerprint density at radius 2 is 2.00 bits per heavy atom.